The normalized spacial score (nSPS) is 12.2. The first-order valence-corrected chi connectivity index (χ1v) is 12.7. The second kappa shape index (κ2) is 10.6. The van der Waals surface area contributed by atoms with Crippen LogP contribution in [0.25, 0.3) is 0 Å². The zero-order chi connectivity index (χ0) is 22.3. The van der Waals surface area contributed by atoms with Crippen LogP contribution < -0.4 is 15.4 Å². The van der Waals surface area contributed by atoms with Gasteiger partial charge >= 0.3 is 11.8 Å². The number of amides is 2. The molecule has 0 spiro atoms. The van der Waals surface area contributed by atoms with Gasteiger partial charge in [0, 0.05) is 18.0 Å². The maximum Gasteiger partial charge on any atom is 0.309 e. The molecule has 10 heteroatoms. The molecule has 0 radical (unpaired) electrons. The lowest BCUT2D eigenvalue weighted by atomic mass is 10.1. The van der Waals surface area contributed by atoms with Crippen LogP contribution in [0.15, 0.2) is 63.5 Å². The van der Waals surface area contributed by atoms with Gasteiger partial charge in [-0.2, -0.15) is 0 Å². The number of hydrogen-bond donors (Lipinski definition) is 2. The van der Waals surface area contributed by atoms with Crippen molar-refractivity contribution in [1.82, 2.24) is 10.6 Å². The van der Waals surface area contributed by atoms with E-state index in [1.54, 1.807) is 36.1 Å². The van der Waals surface area contributed by atoms with Crippen molar-refractivity contribution in [1.29, 1.82) is 0 Å². The molecule has 1 atom stereocenters. The lowest BCUT2D eigenvalue weighted by Gasteiger charge is -2.16. The molecule has 0 aliphatic heterocycles. The third kappa shape index (κ3) is 5.93. The van der Waals surface area contributed by atoms with Gasteiger partial charge in [0.05, 0.1) is 7.11 Å². The molecule has 0 unspecified atom stereocenters. The van der Waals surface area contributed by atoms with Crippen LogP contribution in [0.3, 0.4) is 0 Å². The van der Waals surface area contributed by atoms with Crippen LogP contribution in [0, 0.1) is 0 Å². The lowest BCUT2D eigenvalue weighted by molar-refractivity contribution is -0.139. The Labute approximate surface area is 189 Å². The van der Waals surface area contributed by atoms with Gasteiger partial charge in [0.1, 0.15) is 15.2 Å². The third-order valence-electron chi connectivity index (χ3n) is 4.52. The molecular formula is C21H22N2O5S3. The van der Waals surface area contributed by atoms with Gasteiger partial charge in [-0.05, 0) is 47.0 Å². The largest absolute Gasteiger partial charge is 0.497 e. The van der Waals surface area contributed by atoms with Crippen LogP contribution in [0.5, 0.6) is 5.75 Å². The molecule has 7 nitrogen and oxygen atoms in total. The molecule has 0 saturated carbocycles. The van der Waals surface area contributed by atoms with Crippen molar-refractivity contribution in [3.8, 4) is 5.75 Å². The maximum absolute atomic E-state index is 13.0. The molecule has 3 rings (SSSR count). The summed E-state index contributed by atoms with van der Waals surface area (Å²) in [5, 5.41) is 7.53. The van der Waals surface area contributed by atoms with Gasteiger partial charge in [0.25, 0.3) is 0 Å². The highest BCUT2D eigenvalue weighted by atomic mass is 32.2. The lowest BCUT2D eigenvalue weighted by Crippen LogP contribution is -2.42. The average Bonchev–Trinajstić information content (AvgIpc) is 3.49. The summed E-state index contributed by atoms with van der Waals surface area (Å²) in [6.07, 6.45) is 0.549. The number of ether oxygens (including phenoxy) is 1. The standard InChI is InChI=1S/C21H22N2O5S3/c1-28-16-8-6-15(7-9-16)10-11-22-20(24)21(25)23-14-18(17-4-2-12-29-17)31(26,27)19-5-3-13-30-19/h2-9,12-13,18H,10-11,14H2,1H3,(H,22,24)(H,23,25)/t18-/m0/s1. The summed E-state index contributed by atoms with van der Waals surface area (Å²) < 4.78 is 31.3. The molecular weight excluding hydrogens is 456 g/mol. The molecule has 0 bridgehead atoms. The first kappa shape index (κ1) is 23.0. The quantitative estimate of drug-likeness (QED) is 0.461. The number of sulfone groups is 1. The van der Waals surface area contributed by atoms with E-state index in [0.29, 0.717) is 11.3 Å². The number of carbonyl (C=O) groups excluding carboxylic acids is 2. The Bertz CT molecular complexity index is 1090. The Morgan fingerprint density at radius 2 is 1.65 bits per heavy atom. The van der Waals surface area contributed by atoms with E-state index in [-0.39, 0.29) is 17.3 Å². The Balaban J connectivity index is 1.56. The fourth-order valence-corrected chi connectivity index (χ4v) is 6.85. The summed E-state index contributed by atoms with van der Waals surface area (Å²) in [5.41, 5.74) is 0.987. The van der Waals surface area contributed by atoms with E-state index in [4.69, 9.17) is 4.74 Å². The minimum Gasteiger partial charge on any atom is -0.497 e. The molecule has 3 aromatic rings. The maximum atomic E-state index is 13.0. The molecule has 2 aromatic heterocycles. The number of nitrogens with one attached hydrogen (secondary N) is 2. The van der Waals surface area contributed by atoms with Crippen LogP contribution in [-0.2, 0) is 25.8 Å². The molecule has 0 fully saturated rings. The molecule has 31 heavy (non-hydrogen) atoms. The van der Waals surface area contributed by atoms with Crippen molar-refractivity contribution >= 4 is 44.3 Å². The summed E-state index contributed by atoms with van der Waals surface area (Å²) in [6.45, 7) is 0.0892. The van der Waals surface area contributed by atoms with Gasteiger partial charge < -0.3 is 15.4 Å². The van der Waals surface area contributed by atoms with Crippen molar-refractivity contribution < 1.29 is 22.7 Å². The van der Waals surface area contributed by atoms with E-state index in [1.165, 1.54) is 17.4 Å². The summed E-state index contributed by atoms with van der Waals surface area (Å²) in [7, 11) is -2.10. The smallest absolute Gasteiger partial charge is 0.309 e. The number of methoxy groups -OCH3 is 1. The van der Waals surface area contributed by atoms with E-state index in [0.717, 1.165) is 22.6 Å². The topological polar surface area (TPSA) is 102 Å². The Kier molecular flexibility index (Phi) is 7.83. The van der Waals surface area contributed by atoms with Crippen molar-refractivity contribution in [2.24, 2.45) is 0 Å². The molecule has 2 N–H and O–H groups in total. The summed E-state index contributed by atoms with van der Waals surface area (Å²) in [6, 6.07) is 14.1. The highest BCUT2D eigenvalue weighted by Gasteiger charge is 2.31. The van der Waals surface area contributed by atoms with E-state index < -0.39 is 26.9 Å². The first-order valence-electron chi connectivity index (χ1n) is 9.41. The van der Waals surface area contributed by atoms with E-state index in [9.17, 15) is 18.0 Å². The van der Waals surface area contributed by atoms with Gasteiger partial charge in [-0.1, -0.05) is 24.3 Å². The van der Waals surface area contributed by atoms with Crippen molar-refractivity contribution in [2.45, 2.75) is 15.9 Å². The summed E-state index contributed by atoms with van der Waals surface area (Å²) >= 11 is 2.42. The van der Waals surface area contributed by atoms with E-state index in [2.05, 4.69) is 10.6 Å². The molecule has 2 amide bonds. The average molecular weight is 479 g/mol. The number of hydrogen-bond acceptors (Lipinski definition) is 7. The van der Waals surface area contributed by atoms with Gasteiger partial charge in [0.15, 0.2) is 9.84 Å². The van der Waals surface area contributed by atoms with Crippen LogP contribution in [0.1, 0.15) is 15.7 Å². The van der Waals surface area contributed by atoms with E-state index in [1.807, 2.05) is 24.3 Å². The van der Waals surface area contributed by atoms with Crippen LogP contribution in [0.4, 0.5) is 0 Å². The highest BCUT2D eigenvalue weighted by molar-refractivity contribution is 7.93. The zero-order valence-electron chi connectivity index (χ0n) is 16.7. The SMILES string of the molecule is COc1ccc(CCNC(=O)C(=O)NC[C@@H](c2cccs2)S(=O)(=O)c2cccs2)cc1. The van der Waals surface area contributed by atoms with Gasteiger partial charge in [-0.3, -0.25) is 9.59 Å². The molecule has 2 heterocycles. The van der Waals surface area contributed by atoms with Crippen molar-refractivity contribution in [2.75, 3.05) is 20.2 Å². The molecule has 0 saturated heterocycles. The number of carbonyl (C=O) groups is 2. The van der Waals surface area contributed by atoms with Crippen LogP contribution in [-0.4, -0.2) is 40.4 Å². The minimum absolute atomic E-state index is 0.189. The van der Waals surface area contributed by atoms with Crippen molar-refractivity contribution in [3.63, 3.8) is 0 Å². The second-order valence-corrected chi connectivity index (χ2v) is 10.8. The van der Waals surface area contributed by atoms with Gasteiger partial charge in [-0.25, -0.2) is 8.42 Å². The Hall–Kier alpha value is -2.69. The number of thiophene rings is 2. The number of rotatable bonds is 9. The van der Waals surface area contributed by atoms with Gasteiger partial charge in [0.2, 0.25) is 0 Å². The summed E-state index contributed by atoms with van der Waals surface area (Å²) in [4.78, 5) is 25.0. The predicted molar refractivity (Wildman–Crippen MR) is 121 cm³/mol. The van der Waals surface area contributed by atoms with Crippen LogP contribution >= 0.6 is 22.7 Å². The van der Waals surface area contributed by atoms with Crippen molar-refractivity contribution in [3.05, 3.63) is 69.7 Å². The molecule has 0 aliphatic rings. The third-order valence-corrected chi connectivity index (χ3v) is 9.17. The highest BCUT2D eigenvalue weighted by Crippen LogP contribution is 2.33. The van der Waals surface area contributed by atoms with Crippen LogP contribution in [0.2, 0.25) is 0 Å². The second-order valence-electron chi connectivity index (χ2n) is 6.55. The molecule has 164 valence electrons. The first-order chi connectivity index (χ1) is 14.9. The predicted octanol–water partition coefficient (Wildman–Crippen LogP) is 2.81. The molecule has 0 aliphatic carbocycles. The monoisotopic (exact) mass is 478 g/mol. The number of benzene rings is 1. The fraction of sp³-hybridized carbons (Fsp3) is 0.238. The molecule has 1 aromatic carbocycles. The van der Waals surface area contributed by atoms with Gasteiger partial charge in [-0.15, -0.1) is 22.7 Å². The Morgan fingerprint density at radius 3 is 2.26 bits per heavy atom. The summed E-state index contributed by atoms with van der Waals surface area (Å²) in [5.74, 6) is -0.922. The fourth-order valence-electron chi connectivity index (χ4n) is 2.86. The van der Waals surface area contributed by atoms with E-state index >= 15 is 0 Å². The zero-order valence-corrected chi connectivity index (χ0v) is 19.2. The Morgan fingerprint density at radius 1 is 0.968 bits per heavy atom. The minimum atomic E-state index is -3.69.